The van der Waals surface area contributed by atoms with Crippen LogP contribution in [0.15, 0.2) is 48.7 Å². The van der Waals surface area contributed by atoms with Crippen LogP contribution in [0.4, 0.5) is 0 Å². The first-order valence-electron chi connectivity index (χ1n) is 9.40. The Bertz CT molecular complexity index is 976. The lowest BCUT2D eigenvalue weighted by Crippen LogP contribution is -2.20. The Morgan fingerprint density at radius 2 is 1.89 bits per heavy atom. The number of rotatable bonds is 6. The van der Waals surface area contributed by atoms with Crippen molar-refractivity contribution in [2.24, 2.45) is 7.05 Å². The molecule has 6 heteroatoms. The highest BCUT2D eigenvalue weighted by Crippen LogP contribution is 2.29. The number of carbonyl (C=O) groups is 1. The van der Waals surface area contributed by atoms with E-state index in [1.807, 2.05) is 30.5 Å². The third-order valence-electron chi connectivity index (χ3n) is 5.13. The van der Waals surface area contributed by atoms with Crippen molar-refractivity contribution in [1.29, 1.82) is 0 Å². The van der Waals surface area contributed by atoms with Crippen molar-refractivity contribution in [1.82, 2.24) is 14.5 Å². The van der Waals surface area contributed by atoms with Gasteiger partial charge in [0.25, 0.3) is 0 Å². The summed E-state index contributed by atoms with van der Waals surface area (Å²) < 4.78 is 8.00. The molecule has 0 bridgehead atoms. The molecule has 2 heterocycles. The Kier molecular flexibility index (Phi) is 5.46. The fourth-order valence-electron chi connectivity index (χ4n) is 3.52. The van der Waals surface area contributed by atoms with E-state index in [0.717, 1.165) is 43.0 Å². The minimum absolute atomic E-state index is 0.448. The second-order valence-electron chi connectivity index (χ2n) is 7.03. The highest BCUT2D eigenvalue weighted by molar-refractivity contribution is 6.30. The summed E-state index contributed by atoms with van der Waals surface area (Å²) in [6, 6.07) is 12.7. The number of halogens is 1. The van der Waals surface area contributed by atoms with E-state index in [4.69, 9.17) is 16.3 Å². The molecule has 0 amide bonds. The van der Waals surface area contributed by atoms with Crippen LogP contribution in [-0.2, 0) is 13.6 Å². The molecule has 2 aromatic carbocycles. The maximum absolute atomic E-state index is 11.2. The SMILES string of the molecule is Cn1c(-c2ccc(Oc3cc(Cl)ccc3C=O)cc2)cnc1CN1CCCC1. The average Bonchev–Trinajstić information content (AvgIpc) is 3.34. The molecule has 28 heavy (non-hydrogen) atoms. The zero-order valence-corrected chi connectivity index (χ0v) is 16.5. The molecule has 4 rings (SSSR count). The summed E-state index contributed by atoms with van der Waals surface area (Å²) in [6.45, 7) is 3.20. The topological polar surface area (TPSA) is 47.4 Å². The van der Waals surface area contributed by atoms with E-state index >= 15 is 0 Å². The molecular formula is C22H22ClN3O2. The van der Waals surface area contributed by atoms with Crippen LogP contribution in [0.25, 0.3) is 11.3 Å². The summed E-state index contributed by atoms with van der Waals surface area (Å²) >= 11 is 6.02. The van der Waals surface area contributed by atoms with Crippen molar-refractivity contribution < 1.29 is 9.53 Å². The lowest BCUT2D eigenvalue weighted by molar-refractivity contribution is 0.112. The van der Waals surface area contributed by atoms with Gasteiger partial charge in [-0.05, 0) is 62.3 Å². The summed E-state index contributed by atoms with van der Waals surface area (Å²) in [6.07, 6.45) is 5.23. The fourth-order valence-corrected chi connectivity index (χ4v) is 3.68. The predicted octanol–water partition coefficient (Wildman–Crippen LogP) is 4.94. The first-order chi connectivity index (χ1) is 13.6. The zero-order chi connectivity index (χ0) is 19.5. The smallest absolute Gasteiger partial charge is 0.153 e. The van der Waals surface area contributed by atoms with Crippen molar-refractivity contribution in [3.05, 3.63) is 65.1 Å². The molecule has 0 spiro atoms. The van der Waals surface area contributed by atoms with Gasteiger partial charge in [-0.2, -0.15) is 0 Å². The Labute approximate surface area is 169 Å². The first kappa shape index (κ1) is 18.7. The highest BCUT2D eigenvalue weighted by Gasteiger charge is 2.16. The van der Waals surface area contributed by atoms with E-state index in [1.165, 1.54) is 12.8 Å². The van der Waals surface area contributed by atoms with Gasteiger partial charge in [-0.15, -0.1) is 0 Å². The van der Waals surface area contributed by atoms with Crippen LogP contribution in [0.5, 0.6) is 11.5 Å². The van der Waals surface area contributed by atoms with Gasteiger partial charge < -0.3 is 9.30 Å². The van der Waals surface area contributed by atoms with Gasteiger partial charge in [0.1, 0.15) is 17.3 Å². The molecule has 1 aliphatic rings. The Hall–Kier alpha value is -2.63. The lowest BCUT2D eigenvalue weighted by Gasteiger charge is -2.14. The summed E-state index contributed by atoms with van der Waals surface area (Å²) in [5.74, 6) is 2.17. The van der Waals surface area contributed by atoms with Crippen LogP contribution in [0.1, 0.15) is 29.0 Å². The van der Waals surface area contributed by atoms with Gasteiger partial charge in [0, 0.05) is 23.7 Å². The van der Waals surface area contributed by atoms with Crippen LogP contribution in [0.3, 0.4) is 0 Å². The first-order valence-corrected chi connectivity index (χ1v) is 9.78. The number of nitrogens with zero attached hydrogens (tertiary/aromatic N) is 3. The number of likely N-dealkylation sites (tertiary alicyclic amines) is 1. The monoisotopic (exact) mass is 395 g/mol. The molecule has 0 saturated carbocycles. The predicted molar refractivity (Wildman–Crippen MR) is 110 cm³/mol. The van der Waals surface area contributed by atoms with Gasteiger partial charge in [-0.1, -0.05) is 11.6 Å². The number of carbonyl (C=O) groups excluding carboxylic acids is 1. The van der Waals surface area contributed by atoms with Crippen molar-refractivity contribution in [3.63, 3.8) is 0 Å². The minimum Gasteiger partial charge on any atom is -0.457 e. The molecule has 0 atom stereocenters. The quantitative estimate of drug-likeness (QED) is 0.554. The minimum atomic E-state index is 0.448. The van der Waals surface area contributed by atoms with E-state index in [1.54, 1.807) is 18.2 Å². The molecule has 0 aliphatic carbocycles. The maximum atomic E-state index is 11.2. The van der Waals surface area contributed by atoms with E-state index in [2.05, 4.69) is 21.5 Å². The van der Waals surface area contributed by atoms with Gasteiger partial charge in [-0.3, -0.25) is 9.69 Å². The van der Waals surface area contributed by atoms with Crippen LogP contribution < -0.4 is 4.74 Å². The number of aldehydes is 1. The summed E-state index contributed by atoms with van der Waals surface area (Å²) in [5.41, 5.74) is 2.60. The Balaban J connectivity index is 1.51. The van der Waals surface area contributed by atoms with Crippen molar-refractivity contribution in [2.75, 3.05) is 13.1 Å². The lowest BCUT2D eigenvalue weighted by atomic mass is 10.1. The van der Waals surface area contributed by atoms with E-state index < -0.39 is 0 Å². The molecule has 5 nitrogen and oxygen atoms in total. The summed E-state index contributed by atoms with van der Waals surface area (Å²) in [4.78, 5) is 18.3. The van der Waals surface area contributed by atoms with Crippen LogP contribution >= 0.6 is 11.6 Å². The zero-order valence-electron chi connectivity index (χ0n) is 15.8. The number of imidazole rings is 1. The third kappa shape index (κ3) is 3.96. The van der Waals surface area contributed by atoms with Crippen molar-refractivity contribution >= 4 is 17.9 Å². The third-order valence-corrected chi connectivity index (χ3v) is 5.36. The van der Waals surface area contributed by atoms with Crippen LogP contribution in [0, 0.1) is 0 Å². The van der Waals surface area contributed by atoms with E-state index in [9.17, 15) is 4.79 Å². The molecule has 1 fully saturated rings. The van der Waals surface area contributed by atoms with Crippen molar-refractivity contribution in [3.8, 4) is 22.8 Å². The molecule has 0 radical (unpaired) electrons. The van der Waals surface area contributed by atoms with E-state index in [-0.39, 0.29) is 0 Å². The largest absolute Gasteiger partial charge is 0.457 e. The van der Waals surface area contributed by atoms with Gasteiger partial charge in [-0.25, -0.2) is 4.98 Å². The molecule has 1 aliphatic heterocycles. The average molecular weight is 396 g/mol. The Morgan fingerprint density at radius 3 is 2.61 bits per heavy atom. The highest BCUT2D eigenvalue weighted by atomic mass is 35.5. The number of hydrogen-bond acceptors (Lipinski definition) is 4. The van der Waals surface area contributed by atoms with Crippen LogP contribution in [0.2, 0.25) is 5.02 Å². The van der Waals surface area contributed by atoms with Gasteiger partial charge in [0.15, 0.2) is 6.29 Å². The summed E-state index contributed by atoms with van der Waals surface area (Å²) in [7, 11) is 2.06. The number of hydrogen-bond donors (Lipinski definition) is 0. The van der Waals surface area contributed by atoms with Crippen molar-refractivity contribution in [2.45, 2.75) is 19.4 Å². The Morgan fingerprint density at radius 1 is 1.14 bits per heavy atom. The number of ether oxygens (including phenoxy) is 1. The molecule has 1 saturated heterocycles. The molecule has 3 aromatic rings. The van der Waals surface area contributed by atoms with Crippen LogP contribution in [-0.4, -0.2) is 33.8 Å². The molecule has 144 valence electrons. The number of aromatic nitrogens is 2. The summed E-state index contributed by atoms with van der Waals surface area (Å²) in [5, 5.41) is 0.526. The normalized spacial score (nSPS) is 14.4. The van der Waals surface area contributed by atoms with Gasteiger partial charge in [0.2, 0.25) is 0 Å². The second kappa shape index (κ2) is 8.17. The van der Waals surface area contributed by atoms with E-state index in [0.29, 0.717) is 22.1 Å². The second-order valence-corrected chi connectivity index (χ2v) is 7.46. The maximum Gasteiger partial charge on any atom is 0.153 e. The number of benzene rings is 2. The molecule has 0 unspecified atom stereocenters. The molecular weight excluding hydrogens is 374 g/mol. The van der Waals surface area contributed by atoms with Gasteiger partial charge in [0.05, 0.1) is 24.0 Å². The molecule has 1 aromatic heterocycles. The van der Waals surface area contributed by atoms with Gasteiger partial charge >= 0.3 is 0 Å². The standard InChI is InChI=1S/C22H22ClN3O2/c1-25-20(13-24-22(25)14-26-10-2-3-11-26)16-5-8-19(9-6-16)28-21-12-18(23)7-4-17(21)15-27/h4-9,12-13,15H,2-3,10-11,14H2,1H3. The fraction of sp³-hybridized carbons (Fsp3) is 0.273. The molecule has 0 N–H and O–H groups in total.